The van der Waals surface area contributed by atoms with Crippen LogP contribution in [0.3, 0.4) is 0 Å². The Morgan fingerprint density at radius 2 is 2.10 bits per heavy atom. The van der Waals surface area contributed by atoms with Crippen molar-refractivity contribution < 1.29 is 27.8 Å². The summed E-state index contributed by atoms with van der Waals surface area (Å²) in [6.45, 7) is 2.46. The summed E-state index contributed by atoms with van der Waals surface area (Å²) in [5, 5.41) is 9.26. The second-order valence-electron chi connectivity index (χ2n) is 5.36. The zero-order valence-corrected chi connectivity index (χ0v) is 12.6. The monoisotopic (exact) mass is 307 g/mol. The van der Waals surface area contributed by atoms with Gasteiger partial charge in [0.15, 0.2) is 0 Å². The molecule has 0 radical (unpaired) electrons. The third-order valence-corrected chi connectivity index (χ3v) is 6.62. The minimum Gasteiger partial charge on any atom is -0.480 e. The minimum absolute atomic E-state index is 0.109. The largest absolute Gasteiger partial charge is 0.480 e. The van der Waals surface area contributed by atoms with Gasteiger partial charge in [-0.25, -0.2) is 8.42 Å². The lowest BCUT2D eigenvalue weighted by molar-refractivity contribution is -0.140. The summed E-state index contributed by atoms with van der Waals surface area (Å²) in [7, 11) is -2.23. The lowest BCUT2D eigenvalue weighted by atomic mass is 10.2. The summed E-state index contributed by atoms with van der Waals surface area (Å²) >= 11 is 0. The highest BCUT2D eigenvalue weighted by Crippen LogP contribution is 2.47. The van der Waals surface area contributed by atoms with Gasteiger partial charge in [0, 0.05) is 26.7 Å². The maximum Gasteiger partial charge on any atom is 0.322 e. The lowest BCUT2D eigenvalue weighted by Gasteiger charge is -2.26. The molecule has 7 nitrogen and oxygen atoms in total. The van der Waals surface area contributed by atoms with Crippen LogP contribution < -0.4 is 0 Å². The van der Waals surface area contributed by atoms with Crippen LogP contribution in [0, 0.1) is 0 Å². The maximum atomic E-state index is 12.7. The Balaban J connectivity index is 2.23. The summed E-state index contributed by atoms with van der Waals surface area (Å²) in [5.41, 5.74) is 0. The average molecular weight is 307 g/mol. The van der Waals surface area contributed by atoms with E-state index in [1.165, 1.54) is 7.11 Å². The van der Waals surface area contributed by atoms with Crippen molar-refractivity contribution in [3.8, 4) is 0 Å². The zero-order valence-electron chi connectivity index (χ0n) is 11.7. The predicted octanol–water partition coefficient (Wildman–Crippen LogP) is 0.0592. The molecule has 0 unspecified atom stereocenters. The molecule has 8 heteroatoms. The van der Waals surface area contributed by atoms with Gasteiger partial charge in [0.2, 0.25) is 10.0 Å². The van der Waals surface area contributed by atoms with E-state index < -0.39 is 26.8 Å². The van der Waals surface area contributed by atoms with E-state index in [0.29, 0.717) is 19.4 Å². The lowest BCUT2D eigenvalue weighted by Crippen LogP contribution is -2.47. The van der Waals surface area contributed by atoms with Crippen LogP contribution >= 0.6 is 0 Å². The van der Waals surface area contributed by atoms with Crippen LogP contribution in [-0.2, 0) is 24.3 Å². The van der Waals surface area contributed by atoms with Crippen molar-refractivity contribution >= 4 is 16.0 Å². The van der Waals surface area contributed by atoms with E-state index in [0.717, 1.165) is 4.31 Å². The number of hydrogen-bond donors (Lipinski definition) is 1. The summed E-state index contributed by atoms with van der Waals surface area (Å²) in [6, 6.07) is -1.04. The zero-order chi connectivity index (χ0) is 15.0. The Morgan fingerprint density at radius 1 is 1.45 bits per heavy atom. The van der Waals surface area contributed by atoms with E-state index >= 15 is 0 Å². The third-order valence-electron chi connectivity index (χ3n) is 3.98. The summed E-state index contributed by atoms with van der Waals surface area (Å²) < 4.78 is 36.0. The molecule has 2 rings (SSSR count). The van der Waals surface area contributed by atoms with Gasteiger partial charge in [-0.15, -0.1) is 0 Å². The highest BCUT2D eigenvalue weighted by molar-refractivity contribution is 7.90. The van der Waals surface area contributed by atoms with Crippen molar-refractivity contribution in [2.24, 2.45) is 0 Å². The van der Waals surface area contributed by atoms with Gasteiger partial charge in [-0.2, -0.15) is 4.31 Å². The van der Waals surface area contributed by atoms with Crippen molar-refractivity contribution in [3.05, 3.63) is 0 Å². The molecule has 1 heterocycles. The van der Waals surface area contributed by atoms with Crippen molar-refractivity contribution in [2.45, 2.75) is 43.1 Å². The first-order valence-electron chi connectivity index (χ1n) is 6.72. The van der Waals surface area contributed by atoms with E-state index in [1.807, 2.05) is 0 Å². The molecule has 0 aromatic heterocycles. The van der Waals surface area contributed by atoms with Crippen molar-refractivity contribution in [3.63, 3.8) is 0 Å². The van der Waals surface area contributed by atoms with Gasteiger partial charge in [-0.1, -0.05) is 0 Å². The van der Waals surface area contributed by atoms with E-state index in [-0.39, 0.29) is 25.7 Å². The highest BCUT2D eigenvalue weighted by Gasteiger charge is 2.60. The minimum atomic E-state index is -3.69. The SMILES string of the molecule is CCO[C@@H]1C[C@@H](C(=O)O)N(S(=O)(=O)C2(COC)CC2)C1. The van der Waals surface area contributed by atoms with Crippen LogP contribution in [0.2, 0.25) is 0 Å². The number of sulfonamides is 1. The molecule has 2 aliphatic rings. The molecule has 1 aliphatic heterocycles. The van der Waals surface area contributed by atoms with Crippen molar-refractivity contribution in [2.75, 3.05) is 26.9 Å². The number of carbonyl (C=O) groups is 1. The molecule has 0 bridgehead atoms. The molecule has 1 saturated heterocycles. The average Bonchev–Trinajstić information content (AvgIpc) is 3.02. The first-order valence-corrected chi connectivity index (χ1v) is 8.16. The smallest absolute Gasteiger partial charge is 0.322 e. The van der Waals surface area contributed by atoms with E-state index in [1.54, 1.807) is 6.92 Å². The van der Waals surface area contributed by atoms with Gasteiger partial charge >= 0.3 is 5.97 Å². The Kier molecular flexibility index (Phi) is 4.38. The Labute approximate surface area is 118 Å². The summed E-state index contributed by atoms with van der Waals surface area (Å²) in [6.07, 6.45) is 0.886. The Bertz CT molecular complexity index is 472. The summed E-state index contributed by atoms with van der Waals surface area (Å²) in [4.78, 5) is 11.3. The number of aliphatic carboxylic acids is 1. The molecule has 2 fully saturated rings. The molecule has 2 atom stereocenters. The van der Waals surface area contributed by atoms with Crippen molar-refractivity contribution in [1.29, 1.82) is 0 Å². The predicted molar refractivity (Wildman–Crippen MR) is 70.9 cm³/mol. The number of rotatable bonds is 7. The van der Waals surface area contributed by atoms with Crippen LogP contribution in [0.4, 0.5) is 0 Å². The maximum absolute atomic E-state index is 12.7. The first kappa shape index (κ1) is 15.7. The number of carboxylic acid groups (broad SMARTS) is 1. The van der Waals surface area contributed by atoms with Crippen LogP contribution in [0.1, 0.15) is 26.2 Å². The number of carboxylic acids is 1. The third kappa shape index (κ3) is 2.57. The second-order valence-corrected chi connectivity index (χ2v) is 7.64. The molecule has 1 saturated carbocycles. The topological polar surface area (TPSA) is 93.1 Å². The van der Waals surface area contributed by atoms with Crippen LogP contribution in [-0.4, -0.2) is 67.6 Å². The van der Waals surface area contributed by atoms with Gasteiger partial charge in [0.05, 0.1) is 12.7 Å². The van der Waals surface area contributed by atoms with Gasteiger partial charge in [0.1, 0.15) is 10.8 Å². The van der Waals surface area contributed by atoms with E-state index in [2.05, 4.69) is 0 Å². The van der Waals surface area contributed by atoms with Gasteiger partial charge in [-0.3, -0.25) is 4.79 Å². The number of ether oxygens (including phenoxy) is 2. The van der Waals surface area contributed by atoms with Crippen LogP contribution in [0.15, 0.2) is 0 Å². The van der Waals surface area contributed by atoms with Crippen LogP contribution in [0.25, 0.3) is 0 Å². The Hall–Kier alpha value is -0.700. The van der Waals surface area contributed by atoms with Crippen molar-refractivity contribution in [1.82, 2.24) is 4.31 Å². The highest BCUT2D eigenvalue weighted by atomic mass is 32.2. The first-order chi connectivity index (χ1) is 9.38. The van der Waals surface area contributed by atoms with Gasteiger partial charge in [-0.05, 0) is 19.8 Å². The fraction of sp³-hybridized carbons (Fsp3) is 0.917. The molecule has 116 valence electrons. The standard InChI is InChI=1S/C12H21NO6S/c1-3-19-9-6-10(11(14)15)13(7-9)20(16,17)12(4-5-12)8-18-2/h9-10H,3-8H2,1-2H3,(H,14,15)/t9-,10+/m1/s1. The normalized spacial score (nSPS) is 29.5. The molecule has 1 aliphatic carbocycles. The van der Waals surface area contributed by atoms with Crippen LogP contribution in [0.5, 0.6) is 0 Å². The quantitative estimate of drug-likeness (QED) is 0.715. The fourth-order valence-corrected chi connectivity index (χ4v) is 5.00. The summed E-state index contributed by atoms with van der Waals surface area (Å²) in [5.74, 6) is -1.12. The molecule has 0 spiro atoms. The molecule has 0 aromatic rings. The van der Waals surface area contributed by atoms with Gasteiger partial charge in [0.25, 0.3) is 0 Å². The molecule has 20 heavy (non-hydrogen) atoms. The Morgan fingerprint density at radius 3 is 2.55 bits per heavy atom. The van der Waals surface area contributed by atoms with Gasteiger partial charge < -0.3 is 14.6 Å². The van der Waals surface area contributed by atoms with E-state index in [4.69, 9.17) is 9.47 Å². The number of nitrogens with zero attached hydrogens (tertiary/aromatic N) is 1. The number of methoxy groups -OCH3 is 1. The molecular weight excluding hydrogens is 286 g/mol. The molecule has 0 amide bonds. The molecule has 1 N–H and O–H groups in total. The molecular formula is C12H21NO6S. The van der Waals surface area contributed by atoms with E-state index in [9.17, 15) is 18.3 Å². The molecule has 0 aromatic carbocycles. The fourth-order valence-electron chi connectivity index (χ4n) is 2.74. The number of hydrogen-bond acceptors (Lipinski definition) is 5. The second kappa shape index (κ2) is 5.59.